The smallest absolute Gasteiger partial charge is 0.135 e. The lowest BCUT2D eigenvalue weighted by molar-refractivity contribution is 0.442. The Hall–Kier alpha value is -6.16. The maximum absolute atomic E-state index is 6.05. The van der Waals surface area contributed by atoms with Crippen LogP contribution in [0, 0.1) is 0 Å². The summed E-state index contributed by atoms with van der Waals surface area (Å²) in [7, 11) is 0. The van der Waals surface area contributed by atoms with Gasteiger partial charge in [-0.05, 0) is 91.5 Å². The molecule has 2 unspecified atom stereocenters. The fourth-order valence-corrected chi connectivity index (χ4v) is 8.35. The molecular formula is C49H38N2O. The quantitative estimate of drug-likeness (QED) is 0.191. The van der Waals surface area contributed by atoms with Crippen LogP contribution in [0.4, 0.5) is 0 Å². The van der Waals surface area contributed by atoms with Crippen LogP contribution >= 0.6 is 0 Å². The standard InChI is InChI=1S/C49H38N2O/c1-49(2)42-14-8-6-12-38(42)39-26-24-37(29-43(39)49)45-30-44(50-48(51-45)35-10-4-3-5-11-35)34-22-20-32(21-23-34)31-16-18-33(19-17-31)36-25-27-47-41(28-36)40-13-7-9-15-46(40)52-47/h3-30,44,48,50-51H,1-2H3. The molecule has 1 aliphatic heterocycles. The predicted octanol–water partition coefficient (Wildman–Crippen LogP) is 12.2. The van der Waals surface area contributed by atoms with E-state index in [0.717, 1.165) is 27.6 Å². The second-order valence-electron chi connectivity index (χ2n) is 14.7. The fraction of sp³-hybridized carbons (Fsp3) is 0.102. The molecule has 2 N–H and O–H groups in total. The van der Waals surface area contributed by atoms with Crippen molar-refractivity contribution in [2.24, 2.45) is 0 Å². The summed E-state index contributed by atoms with van der Waals surface area (Å²) in [6, 6.07) is 59.2. The number of para-hydroxylation sites is 1. The van der Waals surface area contributed by atoms with Crippen LogP contribution in [0.5, 0.6) is 0 Å². The molecule has 8 aromatic rings. The van der Waals surface area contributed by atoms with Gasteiger partial charge < -0.3 is 9.73 Å². The molecule has 1 aliphatic carbocycles. The normalized spacial score (nSPS) is 17.4. The van der Waals surface area contributed by atoms with Crippen LogP contribution in [0.3, 0.4) is 0 Å². The topological polar surface area (TPSA) is 37.2 Å². The van der Waals surface area contributed by atoms with E-state index in [-0.39, 0.29) is 17.6 Å². The van der Waals surface area contributed by atoms with Gasteiger partial charge >= 0.3 is 0 Å². The summed E-state index contributed by atoms with van der Waals surface area (Å²) in [5, 5.41) is 10.0. The van der Waals surface area contributed by atoms with Crippen LogP contribution in [0.25, 0.3) is 61.0 Å². The van der Waals surface area contributed by atoms with E-state index in [0.29, 0.717) is 0 Å². The van der Waals surface area contributed by atoms with Crippen LogP contribution in [0.2, 0.25) is 0 Å². The molecule has 7 aromatic carbocycles. The molecule has 3 heteroatoms. The van der Waals surface area contributed by atoms with Crippen molar-refractivity contribution >= 4 is 27.6 Å². The second-order valence-corrected chi connectivity index (χ2v) is 14.7. The molecule has 0 saturated carbocycles. The van der Waals surface area contributed by atoms with Gasteiger partial charge in [0, 0.05) is 21.9 Å². The minimum absolute atomic E-state index is 0.0314. The maximum atomic E-state index is 6.05. The zero-order valence-corrected chi connectivity index (χ0v) is 29.2. The van der Waals surface area contributed by atoms with Gasteiger partial charge in [-0.15, -0.1) is 0 Å². The first-order valence-corrected chi connectivity index (χ1v) is 18.2. The highest BCUT2D eigenvalue weighted by Crippen LogP contribution is 2.49. The average molecular weight is 671 g/mol. The summed E-state index contributed by atoms with van der Waals surface area (Å²) in [6.07, 6.45) is 2.32. The van der Waals surface area contributed by atoms with Crippen molar-refractivity contribution in [3.8, 4) is 33.4 Å². The molecule has 2 atom stereocenters. The van der Waals surface area contributed by atoms with E-state index in [1.54, 1.807) is 0 Å². The average Bonchev–Trinajstić information content (AvgIpc) is 3.69. The number of hydrogen-bond acceptors (Lipinski definition) is 3. The van der Waals surface area contributed by atoms with Crippen LogP contribution < -0.4 is 10.6 Å². The summed E-state index contributed by atoms with van der Waals surface area (Å²) in [6.45, 7) is 4.69. The van der Waals surface area contributed by atoms with E-state index >= 15 is 0 Å². The Labute approximate surface area is 304 Å². The number of fused-ring (bicyclic) bond motifs is 6. The Morgan fingerprint density at radius 2 is 1.10 bits per heavy atom. The van der Waals surface area contributed by atoms with Gasteiger partial charge in [-0.25, -0.2) is 0 Å². The molecule has 10 rings (SSSR count). The van der Waals surface area contributed by atoms with Crippen molar-refractivity contribution in [3.63, 3.8) is 0 Å². The van der Waals surface area contributed by atoms with Crippen LogP contribution in [-0.2, 0) is 5.41 Å². The third-order valence-electron chi connectivity index (χ3n) is 11.2. The van der Waals surface area contributed by atoms with E-state index in [4.69, 9.17) is 4.42 Å². The Kier molecular flexibility index (Phi) is 7.06. The number of rotatable bonds is 5. The number of benzene rings is 7. The number of nitrogens with one attached hydrogen (secondary N) is 2. The lowest BCUT2D eigenvalue weighted by atomic mass is 9.81. The molecule has 0 saturated heterocycles. The fourth-order valence-electron chi connectivity index (χ4n) is 8.35. The highest BCUT2D eigenvalue weighted by Gasteiger charge is 2.35. The van der Waals surface area contributed by atoms with Crippen molar-refractivity contribution < 1.29 is 4.42 Å². The Morgan fingerprint density at radius 3 is 1.90 bits per heavy atom. The minimum Gasteiger partial charge on any atom is -0.456 e. The predicted molar refractivity (Wildman–Crippen MR) is 215 cm³/mol. The molecule has 0 bridgehead atoms. The highest BCUT2D eigenvalue weighted by atomic mass is 16.3. The highest BCUT2D eigenvalue weighted by molar-refractivity contribution is 6.06. The van der Waals surface area contributed by atoms with Gasteiger partial charge in [0.1, 0.15) is 17.3 Å². The first-order valence-electron chi connectivity index (χ1n) is 18.2. The summed E-state index contributed by atoms with van der Waals surface area (Å²) >= 11 is 0. The van der Waals surface area contributed by atoms with Crippen molar-refractivity contribution in [3.05, 3.63) is 198 Å². The Morgan fingerprint density at radius 1 is 0.481 bits per heavy atom. The molecular weight excluding hydrogens is 633 g/mol. The van der Waals surface area contributed by atoms with Gasteiger partial charge in [0.05, 0.1) is 6.04 Å². The maximum Gasteiger partial charge on any atom is 0.135 e. The molecule has 2 heterocycles. The van der Waals surface area contributed by atoms with Gasteiger partial charge in [-0.2, -0.15) is 0 Å². The first kappa shape index (κ1) is 30.6. The van der Waals surface area contributed by atoms with Crippen molar-refractivity contribution in [2.45, 2.75) is 31.5 Å². The van der Waals surface area contributed by atoms with Gasteiger partial charge in [0.15, 0.2) is 0 Å². The molecule has 1 aromatic heterocycles. The summed E-state index contributed by atoms with van der Waals surface area (Å²) in [5.74, 6) is 0. The van der Waals surface area contributed by atoms with E-state index in [2.05, 4.69) is 182 Å². The lowest BCUT2D eigenvalue weighted by Gasteiger charge is -2.33. The van der Waals surface area contributed by atoms with E-state index in [1.807, 2.05) is 12.1 Å². The minimum atomic E-state index is -0.0516. The van der Waals surface area contributed by atoms with Crippen LogP contribution in [0.15, 0.2) is 174 Å². The molecule has 0 fully saturated rings. The van der Waals surface area contributed by atoms with Crippen molar-refractivity contribution in [1.82, 2.24) is 10.6 Å². The SMILES string of the molecule is CC1(C)c2ccccc2-c2ccc(C3=CC(c4ccc(-c5ccc(-c6ccc7oc8ccccc8c7c6)cc5)cc4)NC(c4ccccc4)N3)cc21. The Balaban J connectivity index is 0.951. The zero-order valence-electron chi connectivity index (χ0n) is 29.2. The summed E-state index contributed by atoms with van der Waals surface area (Å²) in [5.41, 5.74) is 16.8. The number of hydrogen-bond donors (Lipinski definition) is 2. The summed E-state index contributed by atoms with van der Waals surface area (Å²) in [4.78, 5) is 0. The van der Waals surface area contributed by atoms with E-state index in [1.165, 1.54) is 61.2 Å². The van der Waals surface area contributed by atoms with E-state index in [9.17, 15) is 0 Å². The van der Waals surface area contributed by atoms with Gasteiger partial charge in [-0.3, -0.25) is 5.32 Å². The van der Waals surface area contributed by atoms with Crippen molar-refractivity contribution in [1.29, 1.82) is 0 Å². The Bertz CT molecular complexity index is 2650. The molecule has 2 aliphatic rings. The largest absolute Gasteiger partial charge is 0.456 e. The molecule has 250 valence electrons. The van der Waals surface area contributed by atoms with Crippen LogP contribution in [0.1, 0.15) is 53.9 Å². The monoisotopic (exact) mass is 670 g/mol. The van der Waals surface area contributed by atoms with Crippen molar-refractivity contribution in [2.75, 3.05) is 0 Å². The third-order valence-corrected chi connectivity index (χ3v) is 11.2. The van der Waals surface area contributed by atoms with Crippen LogP contribution in [-0.4, -0.2) is 0 Å². The third kappa shape index (κ3) is 5.08. The number of furan rings is 1. The zero-order chi connectivity index (χ0) is 34.8. The molecule has 0 radical (unpaired) electrons. The molecule has 0 spiro atoms. The first-order chi connectivity index (χ1) is 25.5. The van der Waals surface area contributed by atoms with Gasteiger partial charge in [0.2, 0.25) is 0 Å². The molecule has 52 heavy (non-hydrogen) atoms. The molecule has 3 nitrogen and oxygen atoms in total. The van der Waals surface area contributed by atoms with Gasteiger partial charge in [0.25, 0.3) is 0 Å². The molecule has 0 amide bonds. The van der Waals surface area contributed by atoms with E-state index < -0.39 is 0 Å². The lowest BCUT2D eigenvalue weighted by Crippen LogP contribution is -2.39. The second kappa shape index (κ2) is 12.0. The van der Waals surface area contributed by atoms with Gasteiger partial charge in [-0.1, -0.05) is 153 Å². The summed E-state index contributed by atoms with van der Waals surface area (Å²) < 4.78 is 6.05.